The van der Waals surface area contributed by atoms with Gasteiger partial charge in [-0.25, -0.2) is 12.8 Å². The lowest BCUT2D eigenvalue weighted by molar-refractivity contribution is -0.124. The van der Waals surface area contributed by atoms with E-state index in [4.69, 9.17) is 0 Å². The van der Waals surface area contributed by atoms with Crippen LogP contribution >= 0.6 is 0 Å². The van der Waals surface area contributed by atoms with Gasteiger partial charge in [0.25, 0.3) is 5.91 Å². The molecule has 2 fully saturated rings. The molecule has 2 heterocycles. The minimum absolute atomic E-state index is 0.0889. The number of hydrogen-bond acceptors (Lipinski definition) is 5. The van der Waals surface area contributed by atoms with Crippen LogP contribution in [0.1, 0.15) is 23.2 Å². The van der Waals surface area contributed by atoms with Crippen LogP contribution < -0.4 is 10.6 Å². The Morgan fingerprint density at radius 2 is 2.07 bits per heavy atom. The van der Waals surface area contributed by atoms with Gasteiger partial charge < -0.3 is 15.5 Å². The molecule has 1 aromatic carbocycles. The second kappa shape index (κ2) is 7.93. The number of benzene rings is 1. The number of amides is 2. The Balaban J connectivity index is 1.65. The van der Waals surface area contributed by atoms with Gasteiger partial charge in [-0.2, -0.15) is 0 Å². The van der Waals surface area contributed by atoms with E-state index < -0.39 is 33.5 Å². The molecular formula is C18H24FN3O4S. The summed E-state index contributed by atoms with van der Waals surface area (Å²) in [6.45, 7) is 1.43. The number of likely N-dealkylation sites (N-methyl/N-ethyl adjacent to an activating group) is 1. The minimum Gasteiger partial charge on any atom is -0.354 e. The lowest BCUT2D eigenvalue weighted by atomic mass is 10.0. The summed E-state index contributed by atoms with van der Waals surface area (Å²) >= 11 is 0. The largest absolute Gasteiger partial charge is 0.354 e. The van der Waals surface area contributed by atoms with Crippen molar-refractivity contribution in [2.75, 3.05) is 31.6 Å². The van der Waals surface area contributed by atoms with Crippen LogP contribution in [0.5, 0.6) is 0 Å². The van der Waals surface area contributed by atoms with Crippen LogP contribution in [0.4, 0.5) is 4.39 Å². The highest BCUT2D eigenvalue weighted by molar-refractivity contribution is 7.91. The first-order valence-electron chi connectivity index (χ1n) is 9.00. The Labute approximate surface area is 158 Å². The van der Waals surface area contributed by atoms with Crippen molar-refractivity contribution in [1.29, 1.82) is 0 Å². The maximum absolute atomic E-state index is 13.3. The standard InChI is InChI=1S/C18H24FN3O4S/c1-22-7-3-6-14(22)9-20-18(24)15-10-27(25,26)11-16(15)21-17(23)12-4-2-5-13(19)8-12/h2,4-5,8,14-16H,3,6-7,9-11H2,1H3,(H,20,24)(H,21,23)/t14?,15-,16-/m1/s1. The predicted molar refractivity (Wildman–Crippen MR) is 98.5 cm³/mol. The SMILES string of the molecule is CN1CCCC1CNC(=O)[C@@H]1CS(=O)(=O)C[C@H]1NC(=O)c1cccc(F)c1. The quantitative estimate of drug-likeness (QED) is 0.739. The van der Waals surface area contributed by atoms with Gasteiger partial charge in [-0.05, 0) is 44.6 Å². The van der Waals surface area contributed by atoms with Crippen molar-refractivity contribution in [3.8, 4) is 0 Å². The summed E-state index contributed by atoms with van der Waals surface area (Å²) in [5, 5.41) is 5.42. The van der Waals surface area contributed by atoms with E-state index in [0.29, 0.717) is 6.54 Å². The number of nitrogens with zero attached hydrogens (tertiary/aromatic N) is 1. The molecule has 27 heavy (non-hydrogen) atoms. The van der Waals surface area contributed by atoms with E-state index in [-0.39, 0.29) is 29.0 Å². The van der Waals surface area contributed by atoms with Gasteiger partial charge in [0.05, 0.1) is 23.5 Å². The van der Waals surface area contributed by atoms with E-state index in [1.807, 2.05) is 7.05 Å². The Kier molecular flexibility index (Phi) is 5.81. The predicted octanol–water partition coefficient (Wildman–Crippen LogP) is 0.179. The van der Waals surface area contributed by atoms with Gasteiger partial charge in [0, 0.05) is 18.2 Å². The van der Waals surface area contributed by atoms with Crippen molar-refractivity contribution in [2.24, 2.45) is 5.92 Å². The molecule has 1 unspecified atom stereocenters. The van der Waals surface area contributed by atoms with Crippen LogP contribution in [-0.2, 0) is 14.6 Å². The van der Waals surface area contributed by atoms with Gasteiger partial charge in [-0.15, -0.1) is 0 Å². The Hall–Kier alpha value is -2.00. The maximum atomic E-state index is 13.3. The summed E-state index contributed by atoms with van der Waals surface area (Å²) in [5.74, 6) is -2.97. The fourth-order valence-electron chi connectivity index (χ4n) is 3.72. The molecule has 0 aliphatic carbocycles. The van der Waals surface area contributed by atoms with E-state index >= 15 is 0 Å². The van der Waals surface area contributed by atoms with Crippen LogP contribution in [0.3, 0.4) is 0 Å². The molecule has 0 bridgehead atoms. The van der Waals surface area contributed by atoms with E-state index in [2.05, 4.69) is 15.5 Å². The molecule has 1 aromatic rings. The molecule has 0 radical (unpaired) electrons. The first-order chi connectivity index (χ1) is 12.7. The molecule has 0 aromatic heterocycles. The van der Waals surface area contributed by atoms with E-state index in [0.717, 1.165) is 25.5 Å². The topological polar surface area (TPSA) is 95.6 Å². The van der Waals surface area contributed by atoms with Crippen molar-refractivity contribution < 1.29 is 22.4 Å². The second-order valence-corrected chi connectivity index (χ2v) is 9.45. The number of rotatable bonds is 5. The van der Waals surface area contributed by atoms with Gasteiger partial charge in [0.1, 0.15) is 5.82 Å². The van der Waals surface area contributed by atoms with Crippen LogP contribution in [0.25, 0.3) is 0 Å². The summed E-state index contributed by atoms with van der Waals surface area (Å²) in [4.78, 5) is 27.1. The van der Waals surface area contributed by atoms with Crippen LogP contribution in [0.15, 0.2) is 24.3 Å². The minimum atomic E-state index is -3.43. The van der Waals surface area contributed by atoms with Gasteiger partial charge in [0.2, 0.25) is 5.91 Å². The zero-order valence-electron chi connectivity index (χ0n) is 15.2. The normalized spacial score (nSPS) is 27.4. The molecule has 3 atom stereocenters. The van der Waals surface area contributed by atoms with Crippen LogP contribution in [0, 0.1) is 11.7 Å². The van der Waals surface area contributed by atoms with Crippen molar-refractivity contribution >= 4 is 21.7 Å². The molecule has 3 rings (SSSR count). The average molecular weight is 397 g/mol. The Morgan fingerprint density at radius 3 is 2.74 bits per heavy atom. The highest BCUT2D eigenvalue weighted by Gasteiger charge is 2.43. The number of carbonyl (C=O) groups excluding carboxylic acids is 2. The maximum Gasteiger partial charge on any atom is 0.251 e. The number of nitrogens with one attached hydrogen (secondary N) is 2. The fourth-order valence-corrected chi connectivity index (χ4v) is 5.65. The lowest BCUT2D eigenvalue weighted by Crippen LogP contribution is -2.48. The number of carbonyl (C=O) groups is 2. The first kappa shape index (κ1) is 19.8. The highest BCUT2D eigenvalue weighted by Crippen LogP contribution is 2.21. The number of likely N-dealkylation sites (tertiary alicyclic amines) is 1. The summed E-state index contributed by atoms with van der Waals surface area (Å²) in [6.07, 6.45) is 2.06. The lowest BCUT2D eigenvalue weighted by Gasteiger charge is -2.23. The van der Waals surface area contributed by atoms with E-state index in [1.165, 1.54) is 18.2 Å². The zero-order chi connectivity index (χ0) is 19.6. The molecule has 2 amide bonds. The Morgan fingerprint density at radius 1 is 1.30 bits per heavy atom. The molecule has 148 valence electrons. The summed E-state index contributed by atoms with van der Waals surface area (Å²) in [5.41, 5.74) is 0.0889. The Bertz CT molecular complexity index is 830. The third kappa shape index (κ3) is 4.84. The second-order valence-electron chi connectivity index (χ2n) is 7.30. The van der Waals surface area contributed by atoms with Gasteiger partial charge in [-0.3, -0.25) is 9.59 Å². The third-order valence-electron chi connectivity index (χ3n) is 5.28. The number of hydrogen-bond donors (Lipinski definition) is 2. The number of halogens is 1. The molecule has 0 spiro atoms. The van der Waals surface area contributed by atoms with Gasteiger partial charge in [-0.1, -0.05) is 6.07 Å². The molecule has 0 saturated carbocycles. The summed E-state index contributed by atoms with van der Waals surface area (Å²) < 4.78 is 37.4. The molecule has 2 aliphatic rings. The molecule has 9 heteroatoms. The summed E-state index contributed by atoms with van der Waals surface area (Å²) in [6, 6.07) is 4.54. The number of sulfone groups is 1. The molecule has 2 saturated heterocycles. The van der Waals surface area contributed by atoms with Crippen molar-refractivity contribution in [3.63, 3.8) is 0 Å². The average Bonchev–Trinajstić information content (AvgIpc) is 3.15. The van der Waals surface area contributed by atoms with Crippen LogP contribution in [0.2, 0.25) is 0 Å². The van der Waals surface area contributed by atoms with E-state index in [9.17, 15) is 22.4 Å². The monoisotopic (exact) mass is 397 g/mol. The smallest absolute Gasteiger partial charge is 0.251 e. The van der Waals surface area contributed by atoms with Crippen LogP contribution in [-0.4, -0.2) is 68.9 Å². The van der Waals surface area contributed by atoms with Crippen molar-refractivity contribution in [2.45, 2.75) is 24.9 Å². The highest BCUT2D eigenvalue weighted by atomic mass is 32.2. The molecule has 2 aliphatic heterocycles. The molecule has 7 nitrogen and oxygen atoms in total. The van der Waals surface area contributed by atoms with Crippen molar-refractivity contribution in [1.82, 2.24) is 15.5 Å². The third-order valence-corrected chi connectivity index (χ3v) is 7.01. The van der Waals surface area contributed by atoms with Crippen molar-refractivity contribution in [3.05, 3.63) is 35.6 Å². The summed E-state index contributed by atoms with van der Waals surface area (Å²) in [7, 11) is -1.44. The molecular weight excluding hydrogens is 373 g/mol. The first-order valence-corrected chi connectivity index (χ1v) is 10.8. The van der Waals surface area contributed by atoms with Gasteiger partial charge >= 0.3 is 0 Å². The molecule has 2 N–H and O–H groups in total. The van der Waals surface area contributed by atoms with Gasteiger partial charge in [0.15, 0.2) is 9.84 Å². The zero-order valence-corrected chi connectivity index (χ0v) is 16.0. The van der Waals surface area contributed by atoms with E-state index in [1.54, 1.807) is 0 Å². The fraction of sp³-hybridized carbons (Fsp3) is 0.556.